The maximum atomic E-state index is 5.24. The minimum Gasteiger partial charge on any atom is -0.469 e. The van der Waals surface area contributed by atoms with Crippen LogP contribution in [0.1, 0.15) is 30.2 Å². The van der Waals surface area contributed by atoms with Crippen LogP contribution in [0.4, 0.5) is 0 Å². The molecule has 1 unspecified atom stereocenters. The van der Waals surface area contributed by atoms with E-state index in [1.54, 1.807) is 6.26 Å². The monoisotopic (exact) mass is 177 g/mol. The highest BCUT2D eigenvalue weighted by Gasteiger charge is 2.10. The highest BCUT2D eigenvalue weighted by Crippen LogP contribution is 2.19. The summed E-state index contributed by atoms with van der Waals surface area (Å²) < 4.78 is 5.24. The molecular formula is C11H15NO. The SMILES string of the molecule is C#CCCC(NC)c1coc(C)c1. The molecule has 0 saturated heterocycles. The maximum Gasteiger partial charge on any atom is 0.101 e. The summed E-state index contributed by atoms with van der Waals surface area (Å²) in [4.78, 5) is 0. The van der Waals surface area contributed by atoms with Crippen molar-refractivity contribution < 1.29 is 4.42 Å². The van der Waals surface area contributed by atoms with Crippen LogP contribution in [-0.2, 0) is 0 Å². The van der Waals surface area contributed by atoms with Crippen molar-refractivity contribution in [3.05, 3.63) is 23.7 Å². The van der Waals surface area contributed by atoms with Crippen LogP contribution in [-0.4, -0.2) is 7.05 Å². The summed E-state index contributed by atoms with van der Waals surface area (Å²) in [6.07, 6.45) is 8.74. The van der Waals surface area contributed by atoms with Gasteiger partial charge in [0, 0.05) is 18.0 Å². The number of terminal acetylenes is 1. The second-order valence-corrected chi connectivity index (χ2v) is 3.07. The second kappa shape index (κ2) is 4.74. The molecular weight excluding hydrogens is 162 g/mol. The average molecular weight is 177 g/mol. The lowest BCUT2D eigenvalue weighted by Gasteiger charge is -2.11. The molecule has 0 fully saturated rings. The molecule has 0 aromatic carbocycles. The Balaban J connectivity index is 2.62. The Labute approximate surface area is 79.3 Å². The summed E-state index contributed by atoms with van der Waals surface area (Å²) in [6, 6.07) is 2.35. The molecule has 0 radical (unpaired) electrons. The van der Waals surface area contributed by atoms with Crippen LogP contribution >= 0.6 is 0 Å². The van der Waals surface area contributed by atoms with Crippen LogP contribution < -0.4 is 5.32 Å². The van der Waals surface area contributed by atoms with Gasteiger partial charge in [-0.25, -0.2) is 0 Å². The third-order valence-corrected chi connectivity index (χ3v) is 2.08. The summed E-state index contributed by atoms with van der Waals surface area (Å²) in [6.45, 7) is 1.94. The van der Waals surface area contributed by atoms with Gasteiger partial charge in [-0.1, -0.05) is 0 Å². The van der Waals surface area contributed by atoms with Crippen molar-refractivity contribution in [3.8, 4) is 12.3 Å². The van der Waals surface area contributed by atoms with Gasteiger partial charge in [0.1, 0.15) is 5.76 Å². The molecule has 13 heavy (non-hydrogen) atoms. The van der Waals surface area contributed by atoms with E-state index in [1.165, 1.54) is 5.56 Å². The summed E-state index contributed by atoms with van der Waals surface area (Å²) >= 11 is 0. The summed E-state index contributed by atoms with van der Waals surface area (Å²) in [7, 11) is 1.93. The van der Waals surface area contributed by atoms with Gasteiger partial charge in [-0.05, 0) is 26.5 Å². The average Bonchev–Trinajstić information content (AvgIpc) is 2.54. The number of rotatable bonds is 4. The molecule has 0 amide bonds. The van der Waals surface area contributed by atoms with Crippen LogP contribution in [0.5, 0.6) is 0 Å². The zero-order valence-corrected chi connectivity index (χ0v) is 8.13. The second-order valence-electron chi connectivity index (χ2n) is 3.07. The van der Waals surface area contributed by atoms with Gasteiger partial charge in [0.2, 0.25) is 0 Å². The zero-order valence-electron chi connectivity index (χ0n) is 8.13. The van der Waals surface area contributed by atoms with Gasteiger partial charge >= 0.3 is 0 Å². The van der Waals surface area contributed by atoms with E-state index in [0.717, 1.165) is 18.6 Å². The van der Waals surface area contributed by atoms with E-state index in [0.29, 0.717) is 6.04 Å². The highest BCUT2D eigenvalue weighted by atomic mass is 16.3. The molecule has 2 heteroatoms. The molecule has 1 rings (SSSR count). The van der Waals surface area contributed by atoms with E-state index >= 15 is 0 Å². The number of hydrogen-bond donors (Lipinski definition) is 1. The van der Waals surface area contributed by atoms with Crippen LogP contribution in [0.2, 0.25) is 0 Å². The number of furan rings is 1. The molecule has 0 saturated carbocycles. The predicted octanol–water partition coefficient (Wildman–Crippen LogP) is 2.26. The van der Waals surface area contributed by atoms with Crippen LogP contribution in [0.3, 0.4) is 0 Å². The first kappa shape index (κ1) is 9.88. The normalized spacial score (nSPS) is 12.4. The molecule has 0 aliphatic heterocycles. The van der Waals surface area contributed by atoms with E-state index in [2.05, 4.69) is 11.2 Å². The van der Waals surface area contributed by atoms with Gasteiger partial charge in [0.05, 0.1) is 6.26 Å². The fourth-order valence-corrected chi connectivity index (χ4v) is 1.35. The summed E-state index contributed by atoms with van der Waals surface area (Å²) in [5.74, 6) is 3.58. The summed E-state index contributed by atoms with van der Waals surface area (Å²) in [5, 5.41) is 3.21. The van der Waals surface area contributed by atoms with Crippen molar-refractivity contribution >= 4 is 0 Å². The van der Waals surface area contributed by atoms with Gasteiger partial charge < -0.3 is 9.73 Å². The van der Waals surface area contributed by atoms with E-state index in [-0.39, 0.29) is 0 Å². The first-order valence-corrected chi connectivity index (χ1v) is 4.43. The van der Waals surface area contributed by atoms with Crippen molar-refractivity contribution in [2.75, 3.05) is 7.05 Å². The third-order valence-electron chi connectivity index (χ3n) is 2.08. The van der Waals surface area contributed by atoms with Crippen molar-refractivity contribution in [2.24, 2.45) is 0 Å². The molecule has 2 nitrogen and oxygen atoms in total. The quantitative estimate of drug-likeness (QED) is 0.714. The first-order chi connectivity index (χ1) is 6.27. The maximum absolute atomic E-state index is 5.24. The molecule has 0 bridgehead atoms. The highest BCUT2D eigenvalue weighted by molar-refractivity contribution is 5.16. The molecule has 0 aliphatic rings. The van der Waals surface area contributed by atoms with Gasteiger partial charge in [-0.15, -0.1) is 12.3 Å². The van der Waals surface area contributed by atoms with E-state index in [1.807, 2.05) is 20.0 Å². The fraction of sp³-hybridized carbons (Fsp3) is 0.455. The Morgan fingerprint density at radius 2 is 2.46 bits per heavy atom. The molecule has 1 N–H and O–H groups in total. The van der Waals surface area contributed by atoms with E-state index in [9.17, 15) is 0 Å². The molecule has 1 atom stereocenters. The topological polar surface area (TPSA) is 25.2 Å². The zero-order chi connectivity index (χ0) is 9.68. The molecule has 1 aromatic heterocycles. The van der Waals surface area contributed by atoms with Crippen molar-refractivity contribution in [1.29, 1.82) is 0 Å². The van der Waals surface area contributed by atoms with Crippen molar-refractivity contribution in [2.45, 2.75) is 25.8 Å². The van der Waals surface area contributed by atoms with E-state index in [4.69, 9.17) is 10.8 Å². The van der Waals surface area contributed by atoms with Gasteiger partial charge in [-0.2, -0.15) is 0 Å². The molecule has 0 spiro atoms. The minimum atomic E-state index is 0.313. The molecule has 70 valence electrons. The third kappa shape index (κ3) is 2.64. The van der Waals surface area contributed by atoms with Gasteiger partial charge in [-0.3, -0.25) is 0 Å². The van der Waals surface area contributed by atoms with Crippen molar-refractivity contribution in [1.82, 2.24) is 5.32 Å². The number of nitrogens with one attached hydrogen (secondary N) is 1. The lowest BCUT2D eigenvalue weighted by Crippen LogP contribution is -2.15. The van der Waals surface area contributed by atoms with E-state index < -0.39 is 0 Å². The Bertz CT molecular complexity index is 295. The number of aryl methyl sites for hydroxylation is 1. The predicted molar refractivity (Wildman–Crippen MR) is 53.3 cm³/mol. The molecule has 1 heterocycles. The van der Waals surface area contributed by atoms with Gasteiger partial charge in [0.15, 0.2) is 0 Å². The Morgan fingerprint density at radius 3 is 2.92 bits per heavy atom. The lowest BCUT2D eigenvalue weighted by molar-refractivity contribution is 0.513. The summed E-state index contributed by atoms with van der Waals surface area (Å²) in [5.41, 5.74) is 1.18. The Hall–Kier alpha value is -1.20. The largest absolute Gasteiger partial charge is 0.469 e. The van der Waals surface area contributed by atoms with Crippen molar-refractivity contribution in [3.63, 3.8) is 0 Å². The Morgan fingerprint density at radius 1 is 1.69 bits per heavy atom. The van der Waals surface area contributed by atoms with Gasteiger partial charge in [0.25, 0.3) is 0 Å². The number of hydrogen-bond acceptors (Lipinski definition) is 2. The fourth-order valence-electron chi connectivity index (χ4n) is 1.35. The van der Waals surface area contributed by atoms with Crippen LogP contribution in [0, 0.1) is 19.3 Å². The molecule has 0 aliphatic carbocycles. The lowest BCUT2D eigenvalue weighted by atomic mass is 10.1. The smallest absolute Gasteiger partial charge is 0.101 e. The van der Waals surface area contributed by atoms with Crippen LogP contribution in [0.15, 0.2) is 16.7 Å². The Kier molecular flexibility index (Phi) is 3.60. The minimum absolute atomic E-state index is 0.313. The molecule has 1 aromatic rings. The standard InChI is InChI=1S/C11H15NO/c1-4-5-6-11(12-3)10-7-9(2)13-8-10/h1,7-8,11-12H,5-6H2,2-3H3. The first-order valence-electron chi connectivity index (χ1n) is 4.43. The van der Waals surface area contributed by atoms with Crippen LogP contribution in [0.25, 0.3) is 0 Å².